The van der Waals surface area contributed by atoms with Crippen molar-refractivity contribution in [3.63, 3.8) is 0 Å². The Morgan fingerprint density at radius 3 is 2.68 bits per heavy atom. The molecule has 100 valence electrons. The molecule has 0 unspecified atom stereocenters. The maximum Gasteiger partial charge on any atom is 0.239 e. The van der Waals surface area contributed by atoms with Crippen molar-refractivity contribution >= 4 is 11.8 Å². The second kappa shape index (κ2) is 6.70. The van der Waals surface area contributed by atoms with Crippen LogP contribution in [-0.2, 0) is 6.42 Å². The van der Waals surface area contributed by atoms with Crippen LogP contribution in [0.2, 0.25) is 0 Å². The lowest BCUT2D eigenvalue weighted by molar-refractivity contribution is 0.857. The molecule has 0 bridgehead atoms. The van der Waals surface area contributed by atoms with E-state index in [1.165, 1.54) is 5.56 Å². The van der Waals surface area contributed by atoms with Gasteiger partial charge in [0.15, 0.2) is 0 Å². The number of aryl methyl sites for hydroxylation is 2. The van der Waals surface area contributed by atoms with Crippen LogP contribution in [0.1, 0.15) is 17.7 Å². The molecule has 1 aromatic carbocycles. The van der Waals surface area contributed by atoms with E-state index in [9.17, 15) is 0 Å². The third-order valence-corrected chi connectivity index (χ3v) is 2.77. The van der Waals surface area contributed by atoms with E-state index < -0.39 is 0 Å². The Kier molecular flexibility index (Phi) is 4.69. The van der Waals surface area contributed by atoms with E-state index in [2.05, 4.69) is 45.0 Å². The lowest BCUT2D eigenvalue weighted by Crippen LogP contribution is -2.13. The number of hydrogen-bond donors (Lipinski definition) is 3. The highest BCUT2D eigenvalue weighted by molar-refractivity contribution is 5.41. The quantitative estimate of drug-likeness (QED) is 0.420. The summed E-state index contributed by atoms with van der Waals surface area (Å²) in [4.78, 5) is 8.38. The summed E-state index contributed by atoms with van der Waals surface area (Å²) in [6.07, 6.45) is 2.11. The standard InChI is InChI=1S/C14H19N5/c1-11-10-13(18-14(17-11)19-15)16-9-5-8-12-6-3-2-4-7-12/h2-4,6-7,10H,5,8-9,15H2,1H3,(H2,16,17,18,19). The number of nitrogens with one attached hydrogen (secondary N) is 2. The molecule has 0 saturated heterocycles. The number of benzene rings is 1. The molecule has 0 spiro atoms. The summed E-state index contributed by atoms with van der Waals surface area (Å²) < 4.78 is 0. The van der Waals surface area contributed by atoms with Gasteiger partial charge >= 0.3 is 0 Å². The number of hydrogen-bond acceptors (Lipinski definition) is 5. The minimum absolute atomic E-state index is 0.436. The average Bonchev–Trinajstić information content (AvgIpc) is 2.44. The van der Waals surface area contributed by atoms with Crippen LogP contribution in [0.15, 0.2) is 36.4 Å². The first-order valence-corrected chi connectivity index (χ1v) is 6.38. The highest BCUT2D eigenvalue weighted by Gasteiger charge is 2.00. The van der Waals surface area contributed by atoms with E-state index >= 15 is 0 Å². The van der Waals surface area contributed by atoms with E-state index in [1.807, 2.05) is 19.1 Å². The minimum atomic E-state index is 0.436. The molecule has 5 nitrogen and oxygen atoms in total. The fourth-order valence-electron chi connectivity index (χ4n) is 1.88. The SMILES string of the molecule is Cc1cc(NCCCc2ccccc2)nc(NN)n1. The Balaban J connectivity index is 1.81. The van der Waals surface area contributed by atoms with Gasteiger partial charge in [0.25, 0.3) is 0 Å². The predicted octanol–water partition coefficient (Wildman–Crippen LogP) is 2.12. The molecule has 0 fully saturated rings. The summed E-state index contributed by atoms with van der Waals surface area (Å²) >= 11 is 0. The lowest BCUT2D eigenvalue weighted by Gasteiger charge is -2.08. The maximum atomic E-state index is 5.32. The molecule has 0 aliphatic heterocycles. The van der Waals surface area contributed by atoms with Gasteiger partial charge in [-0.2, -0.15) is 4.98 Å². The summed E-state index contributed by atoms with van der Waals surface area (Å²) in [7, 11) is 0. The number of rotatable bonds is 6. The van der Waals surface area contributed by atoms with Crippen molar-refractivity contribution in [2.75, 3.05) is 17.3 Å². The van der Waals surface area contributed by atoms with Crippen molar-refractivity contribution < 1.29 is 0 Å². The minimum Gasteiger partial charge on any atom is -0.370 e. The molecule has 5 heteroatoms. The third-order valence-electron chi connectivity index (χ3n) is 2.77. The van der Waals surface area contributed by atoms with Crippen molar-refractivity contribution in [2.45, 2.75) is 19.8 Å². The van der Waals surface area contributed by atoms with Crippen LogP contribution in [0.3, 0.4) is 0 Å². The van der Waals surface area contributed by atoms with Crippen molar-refractivity contribution in [3.8, 4) is 0 Å². The average molecular weight is 257 g/mol. The van der Waals surface area contributed by atoms with E-state index in [-0.39, 0.29) is 0 Å². The van der Waals surface area contributed by atoms with Crippen molar-refractivity contribution in [3.05, 3.63) is 47.7 Å². The third kappa shape index (κ3) is 4.22. The van der Waals surface area contributed by atoms with Gasteiger partial charge in [-0.1, -0.05) is 30.3 Å². The van der Waals surface area contributed by atoms with Gasteiger partial charge in [-0.15, -0.1) is 0 Å². The molecule has 4 N–H and O–H groups in total. The van der Waals surface area contributed by atoms with Gasteiger partial charge in [0, 0.05) is 18.3 Å². The highest BCUT2D eigenvalue weighted by atomic mass is 15.3. The van der Waals surface area contributed by atoms with Crippen molar-refractivity contribution in [1.82, 2.24) is 9.97 Å². The second-order valence-corrected chi connectivity index (χ2v) is 4.38. The van der Waals surface area contributed by atoms with Crippen molar-refractivity contribution in [1.29, 1.82) is 0 Å². The molecule has 0 radical (unpaired) electrons. The number of hydrazine groups is 1. The molecule has 2 aromatic rings. The van der Waals surface area contributed by atoms with Crippen LogP contribution in [0.4, 0.5) is 11.8 Å². The van der Waals surface area contributed by atoms with Crippen LogP contribution in [0.5, 0.6) is 0 Å². The van der Waals surface area contributed by atoms with Gasteiger partial charge in [0.2, 0.25) is 5.95 Å². The predicted molar refractivity (Wildman–Crippen MR) is 77.8 cm³/mol. The molecule has 0 aliphatic carbocycles. The molecule has 0 amide bonds. The Morgan fingerprint density at radius 2 is 1.95 bits per heavy atom. The van der Waals surface area contributed by atoms with E-state index in [4.69, 9.17) is 5.84 Å². The van der Waals surface area contributed by atoms with Crippen molar-refractivity contribution in [2.24, 2.45) is 5.84 Å². The van der Waals surface area contributed by atoms with Crippen LogP contribution >= 0.6 is 0 Å². The molecule has 2 rings (SSSR count). The second-order valence-electron chi connectivity index (χ2n) is 4.38. The zero-order valence-corrected chi connectivity index (χ0v) is 11.1. The first kappa shape index (κ1) is 13.3. The molecule has 0 aliphatic rings. The summed E-state index contributed by atoms with van der Waals surface area (Å²) in [5.41, 5.74) is 4.70. The van der Waals surface area contributed by atoms with Crippen LogP contribution in [-0.4, -0.2) is 16.5 Å². The Morgan fingerprint density at radius 1 is 1.16 bits per heavy atom. The first-order valence-electron chi connectivity index (χ1n) is 6.38. The van der Waals surface area contributed by atoms with Gasteiger partial charge in [0.1, 0.15) is 5.82 Å². The van der Waals surface area contributed by atoms with E-state index in [0.29, 0.717) is 5.95 Å². The Labute approximate surface area is 113 Å². The summed E-state index contributed by atoms with van der Waals surface area (Å²) in [6, 6.07) is 12.4. The summed E-state index contributed by atoms with van der Waals surface area (Å²) in [6.45, 7) is 2.78. The number of nitrogens with two attached hydrogens (primary N) is 1. The first-order chi connectivity index (χ1) is 9.28. The van der Waals surface area contributed by atoms with Gasteiger partial charge < -0.3 is 5.32 Å². The monoisotopic (exact) mass is 257 g/mol. The van der Waals surface area contributed by atoms with Gasteiger partial charge in [-0.3, -0.25) is 5.43 Å². The zero-order chi connectivity index (χ0) is 13.5. The number of anilines is 2. The number of nitrogen functional groups attached to an aromatic ring is 1. The van der Waals surface area contributed by atoms with Gasteiger partial charge in [-0.05, 0) is 25.3 Å². The topological polar surface area (TPSA) is 75.9 Å². The summed E-state index contributed by atoms with van der Waals surface area (Å²) in [5.74, 6) is 6.55. The maximum absolute atomic E-state index is 5.32. The molecular formula is C14H19N5. The molecule has 0 atom stereocenters. The number of nitrogens with zero attached hydrogens (tertiary/aromatic N) is 2. The lowest BCUT2D eigenvalue weighted by atomic mass is 10.1. The smallest absolute Gasteiger partial charge is 0.239 e. The van der Waals surface area contributed by atoms with E-state index in [1.54, 1.807) is 0 Å². The van der Waals surface area contributed by atoms with Crippen LogP contribution < -0.4 is 16.6 Å². The number of aromatic nitrogens is 2. The van der Waals surface area contributed by atoms with E-state index in [0.717, 1.165) is 30.9 Å². The summed E-state index contributed by atoms with van der Waals surface area (Å²) in [5, 5.41) is 3.28. The zero-order valence-electron chi connectivity index (χ0n) is 11.1. The molecule has 19 heavy (non-hydrogen) atoms. The van der Waals surface area contributed by atoms with Crippen LogP contribution in [0, 0.1) is 6.92 Å². The molecule has 0 saturated carbocycles. The normalized spacial score (nSPS) is 10.2. The van der Waals surface area contributed by atoms with Gasteiger partial charge in [-0.25, -0.2) is 10.8 Å². The Bertz CT molecular complexity index is 512. The molecule has 1 heterocycles. The fraction of sp³-hybridized carbons (Fsp3) is 0.286. The molecular weight excluding hydrogens is 238 g/mol. The Hall–Kier alpha value is -2.14. The van der Waals surface area contributed by atoms with Gasteiger partial charge in [0.05, 0.1) is 0 Å². The fourth-order valence-corrected chi connectivity index (χ4v) is 1.88. The van der Waals surface area contributed by atoms with Crippen LogP contribution in [0.25, 0.3) is 0 Å². The molecule has 1 aromatic heterocycles. The highest BCUT2D eigenvalue weighted by Crippen LogP contribution is 2.09. The largest absolute Gasteiger partial charge is 0.370 e.